The first-order valence-corrected chi connectivity index (χ1v) is 9.04. The van der Waals surface area contributed by atoms with Gasteiger partial charge in [0.05, 0.1) is 19.2 Å². The Hall–Kier alpha value is -3.24. The lowest BCUT2D eigenvalue weighted by molar-refractivity contribution is -0.111. The molecule has 0 aromatic heterocycles. The van der Waals surface area contributed by atoms with Crippen molar-refractivity contribution in [2.24, 2.45) is 0 Å². The van der Waals surface area contributed by atoms with Crippen molar-refractivity contribution in [2.75, 3.05) is 19.5 Å². The van der Waals surface area contributed by atoms with Gasteiger partial charge in [-0.3, -0.25) is 4.79 Å². The van der Waals surface area contributed by atoms with Crippen LogP contribution in [0.25, 0.3) is 11.6 Å². The van der Waals surface area contributed by atoms with E-state index in [2.05, 4.69) is 5.32 Å². The number of methoxy groups -OCH3 is 2. The second kappa shape index (κ2) is 9.11. The fraction of sp³-hybridized carbons (Fsp3) is 0.0870. The molecule has 0 saturated carbocycles. The van der Waals surface area contributed by atoms with E-state index < -0.39 is 0 Å². The van der Waals surface area contributed by atoms with Crippen LogP contribution in [0, 0.1) is 0 Å². The smallest absolute Gasteiger partial charge is 0.256 e. The third kappa shape index (κ3) is 4.72. The van der Waals surface area contributed by atoms with Crippen LogP contribution < -0.4 is 14.8 Å². The van der Waals surface area contributed by atoms with Gasteiger partial charge in [-0.25, -0.2) is 0 Å². The summed E-state index contributed by atoms with van der Waals surface area (Å²) >= 11 is 6.17. The van der Waals surface area contributed by atoms with Crippen LogP contribution in [-0.4, -0.2) is 20.1 Å². The van der Waals surface area contributed by atoms with Crippen molar-refractivity contribution in [3.8, 4) is 11.5 Å². The molecule has 0 atom stereocenters. The maximum absolute atomic E-state index is 13.0. The summed E-state index contributed by atoms with van der Waals surface area (Å²) < 4.78 is 10.3. The zero-order valence-corrected chi connectivity index (χ0v) is 16.4. The highest BCUT2D eigenvalue weighted by Gasteiger charge is 2.13. The molecular weight excluding hydrogens is 374 g/mol. The van der Waals surface area contributed by atoms with E-state index in [0.29, 0.717) is 22.0 Å². The molecule has 0 unspecified atom stereocenters. The summed E-state index contributed by atoms with van der Waals surface area (Å²) in [6, 6.07) is 22.1. The predicted octanol–water partition coefficient (Wildman–Crippen LogP) is 5.54. The number of benzene rings is 3. The van der Waals surface area contributed by atoms with E-state index in [1.807, 2.05) is 60.7 Å². The van der Waals surface area contributed by atoms with Crippen LogP contribution in [0.4, 0.5) is 5.69 Å². The van der Waals surface area contributed by atoms with E-state index in [9.17, 15) is 4.79 Å². The molecule has 0 heterocycles. The number of carbonyl (C=O) groups is 1. The SMILES string of the molecule is COc1ccc(C=C(C(=O)Nc2ccc(OC)c(Cl)c2)c2ccccc2)cc1. The van der Waals surface area contributed by atoms with E-state index >= 15 is 0 Å². The quantitative estimate of drug-likeness (QED) is 0.442. The molecule has 0 spiro atoms. The molecule has 0 radical (unpaired) electrons. The fourth-order valence-corrected chi connectivity index (χ4v) is 2.96. The summed E-state index contributed by atoms with van der Waals surface area (Å²) in [5.74, 6) is 1.08. The molecule has 0 bridgehead atoms. The molecule has 1 amide bonds. The fourth-order valence-electron chi connectivity index (χ4n) is 2.71. The number of ether oxygens (including phenoxy) is 2. The van der Waals surface area contributed by atoms with Crippen LogP contribution in [0.1, 0.15) is 11.1 Å². The van der Waals surface area contributed by atoms with Crippen LogP contribution in [0.5, 0.6) is 11.5 Å². The molecule has 0 aliphatic heterocycles. The minimum atomic E-state index is -0.233. The summed E-state index contributed by atoms with van der Waals surface area (Å²) in [6.45, 7) is 0. The molecule has 0 aliphatic rings. The summed E-state index contributed by atoms with van der Waals surface area (Å²) in [7, 11) is 3.16. The van der Waals surface area contributed by atoms with Crippen molar-refractivity contribution < 1.29 is 14.3 Å². The molecule has 28 heavy (non-hydrogen) atoms. The first kappa shape index (κ1) is 19.5. The summed E-state index contributed by atoms with van der Waals surface area (Å²) in [4.78, 5) is 13.0. The highest BCUT2D eigenvalue weighted by atomic mass is 35.5. The van der Waals surface area contributed by atoms with Gasteiger partial charge in [0, 0.05) is 11.3 Å². The minimum absolute atomic E-state index is 0.233. The van der Waals surface area contributed by atoms with Crippen LogP contribution >= 0.6 is 11.6 Å². The second-order valence-electron chi connectivity index (χ2n) is 6.00. The molecule has 142 valence electrons. The van der Waals surface area contributed by atoms with Gasteiger partial charge in [-0.2, -0.15) is 0 Å². The van der Waals surface area contributed by atoms with Crippen LogP contribution in [0.2, 0.25) is 5.02 Å². The first-order chi connectivity index (χ1) is 13.6. The van der Waals surface area contributed by atoms with Gasteiger partial charge >= 0.3 is 0 Å². The summed E-state index contributed by atoms with van der Waals surface area (Å²) in [6.07, 6.45) is 1.84. The molecule has 3 rings (SSSR count). The highest BCUT2D eigenvalue weighted by Crippen LogP contribution is 2.28. The van der Waals surface area contributed by atoms with Gasteiger partial charge in [0.2, 0.25) is 0 Å². The van der Waals surface area contributed by atoms with Crippen molar-refractivity contribution in [2.45, 2.75) is 0 Å². The Bertz CT molecular complexity index is 982. The van der Waals surface area contributed by atoms with Crippen LogP contribution in [-0.2, 0) is 4.79 Å². The molecule has 5 heteroatoms. The van der Waals surface area contributed by atoms with E-state index in [1.165, 1.54) is 0 Å². The normalized spacial score (nSPS) is 11.0. The van der Waals surface area contributed by atoms with Gasteiger partial charge in [-0.05, 0) is 47.5 Å². The molecule has 1 N–H and O–H groups in total. The lowest BCUT2D eigenvalue weighted by atomic mass is 10.0. The molecule has 0 fully saturated rings. The topological polar surface area (TPSA) is 47.6 Å². The Balaban J connectivity index is 1.93. The number of carbonyl (C=O) groups excluding carboxylic acids is 1. The van der Waals surface area contributed by atoms with E-state index in [-0.39, 0.29) is 5.91 Å². The number of hydrogen-bond donors (Lipinski definition) is 1. The zero-order chi connectivity index (χ0) is 19.9. The number of anilines is 1. The molecule has 3 aromatic rings. The summed E-state index contributed by atoms with van der Waals surface area (Å²) in [5, 5.41) is 3.33. The zero-order valence-electron chi connectivity index (χ0n) is 15.6. The number of nitrogens with one attached hydrogen (secondary N) is 1. The average Bonchev–Trinajstić information content (AvgIpc) is 2.73. The minimum Gasteiger partial charge on any atom is -0.497 e. The van der Waals surface area contributed by atoms with Crippen LogP contribution in [0.15, 0.2) is 72.8 Å². The van der Waals surface area contributed by atoms with E-state index in [1.54, 1.807) is 32.4 Å². The Morgan fingerprint density at radius 3 is 2.25 bits per heavy atom. The largest absolute Gasteiger partial charge is 0.497 e. The van der Waals surface area contributed by atoms with Gasteiger partial charge in [0.25, 0.3) is 5.91 Å². The monoisotopic (exact) mass is 393 g/mol. The van der Waals surface area contributed by atoms with Crippen molar-refractivity contribution >= 4 is 34.8 Å². The number of rotatable bonds is 6. The molecule has 0 aliphatic carbocycles. The molecule has 3 aromatic carbocycles. The lowest BCUT2D eigenvalue weighted by Crippen LogP contribution is -2.13. The van der Waals surface area contributed by atoms with E-state index in [4.69, 9.17) is 21.1 Å². The van der Waals surface area contributed by atoms with Crippen molar-refractivity contribution in [1.29, 1.82) is 0 Å². The molecule has 4 nitrogen and oxygen atoms in total. The maximum Gasteiger partial charge on any atom is 0.256 e. The number of amides is 1. The lowest BCUT2D eigenvalue weighted by Gasteiger charge is -2.11. The van der Waals surface area contributed by atoms with Gasteiger partial charge in [0.15, 0.2) is 0 Å². The van der Waals surface area contributed by atoms with Gasteiger partial charge in [0.1, 0.15) is 11.5 Å². The van der Waals surface area contributed by atoms with Crippen molar-refractivity contribution in [3.05, 3.63) is 88.9 Å². The summed E-state index contributed by atoms with van der Waals surface area (Å²) in [5.41, 5.74) is 2.84. The number of halogens is 1. The Morgan fingerprint density at radius 1 is 0.929 bits per heavy atom. The predicted molar refractivity (Wildman–Crippen MR) is 114 cm³/mol. The number of hydrogen-bond acceptors (Lipinski definition) is 3. The van der Waals surface area contributed by atoms with Crippen molar-refractivity contribution in [3.63, 3.8) is 0 Å². The maximum atomic E-state index is 13.0. The van der Waals surface area contributed by atoms with E-state index in [0.717, 1.165) is 16.9 Å². The molecule has 0 saturated heterocycles. The average molecular weight is 394 g/mol. The Labute approximate surface area is 169 Å². The second-order valence-corrected chi connectivity index (χ2v) is 6.41. The third-order valence-corrected chi connectivity index (χ3v) is 4.46. The van der Waals surface area contributed by atoms with Gasteiger partial charge in [-0.15, -0.1) is 0 Å². The Morgan fingerprint density at radius 2 is 1.64 bits per heavy atom. The van der Waals surface area contributed by atoms with Gasteiger partial charge < -0.3 is 14.8 Å². The third-order valence-electron chi connectivity index (χ3n) is 4.17. The molecular formula is C23H20ClNO3. The highest BCUT2D eigenvalue weighted by molar-refractivity contribution is 6.33. The first-order valence-electron chi connectivity index (χ1n) is 8.67. The Kier molecular flexibility index (Phi) is 6.35. The van der Waals surface area contributed by atoms with Crippen LogP contribution in [0.3, 0.4) is 0 Å². The van der Waals surface area contributed by atoms with Crippen molar-refractivity contribution in [1.82, 2.24) is 0 Å². The van der Waals surface area contributed by atoms with Gasteiger partial charge in [-0.1, -0.05) is 54.1 Å². The standard InChI is InChI=1S/C23H20ClNO3/c1-27-19-11-8-16(9-12-19)14-20(17-6-4-3-5-7-17)23(26)25-18-10-13-22(28-2)21(24)15-18/h3-15H,1-2H3,(H,25,26).